The molecule has 218 valence electrons. The minimum Gasteiger partial charge on any atom is -0.326 e. The predicted molar refractivity (Wildman–Crippen MR) is 166 cm³/mol. The third-order valence-electron chi connectivity index (χ3n) is 12.7. The second-order valence-corrected chi connectivity index (χ2v) is 15.5. The van der Waals surface area contributed by atoms with E-state index in [9.17, 15) is 0 Å². The van der Waals surface area contributed by atoms with Crippen LogP contribution in [0.25, 0.3) is 0 Å². The van der Waals surface area contributed by atoms with Gasteiger partial charge in [0.1, 0.15) is 5.82 Å². The van der Waals surface area contributed by atoms with Crippen LogP contribution in [0.15, 0.2) is 23.2 Å². The summed E-state index contributed by atoms with van der Waals surface area (Å²) in [5.74, 6) is 5.61. The van der Waals surface area contributed by atoms with Crippen molar-refractivity contribution >= 4 is 24.1 Å². The molecule has 5 nitrogen and oxygen atoms in total. The van der Waals surface area contributed by atoms with E-state index in [4.69, 9.17) is 11.1 Å². The van der Waals surface area contributed by atoms with Crippen molar-refractivity contribution in [1.29, 1.82) is 5.41 Å². The molecule has 0 radical (unpaired) electrons. The molecule has 1 heterocycles. The van der Waals surface area contributed by atoms with Gasteiger partial charge in [0.2, 0.25) is 0 Å². The van der Waals surface area contributed by atoms with Crippen molar-refractivity contribution in [2.45, 2.75) is 116 Å². The van der Waals surface area contributed by atoms with Crippen molar-refractivity contribution in [1.82, 2.24) is 9.71 Å². The van der Waals surface area contributed by atoms with Crippen LogP contribution in [-0.2, 0) is 0 Å². The van der Waals surface area contributed by atoms with Crippen molar-refractivity contribution in [2.24, 2.45) is 51.6 Å². The van der Waals surface area contributed by atoms with Gasteiger partial charge in [-0.1, -0.05) is 47.0 Å². The molecule has 39 heavy (non-hydrogen) atoms. The first-order valence-electron chi connectivity index (χ1n) is 16.0. The summed E-state index contributed by atoms with van der Waals surface area (Å²) in [6.07, 6.45) is 19.1. The fourth-order valence-electron chi connectivity index (χ4n) is 10.4. The van der Waals surface area contributed by atoms with Gasteiger partial charge in [-0.05, 0) is 128 Å². The summed E-state index contributed by atoms with van der Waals surface area (Å²) in [6.45, 7) is 14.1. The quantitative estimate of drug-likeness (QED) is 0.119. The Morgan fingerprint density at radius 1 is 1.13 bits per heavy atom. The Morgan fingerprint density at radius 2 is 1.92 bits per heavy atom. The summed E-state index contributed by atoms with van der Waals surface area (Å²) >= 11 is 1.69. The lowest BCUT2D eigenvalue weighted by Crippen LogP contribution is -2.56. The Labute approximate surface area is 242 Å². The molecule has 7 unspecified atom stereocenters. The van der Waals surface area contributed by atoms with Crippen LogP contribution >= 0.6 is 11.9 Å². The van der Waals surface area contributed by atoms with Gasteiger partial charge in [-0.25, -0.2) is 4.98 Å². The van der Waals surface area contributed by atoms with Crippen LogP contribution in [0.4, 0.5) is 5.82 Å². The first-order chi connectivity index (χ1) is 18.6. The Kier molecular flexibility index (Phi) is 8.77. The fourth-order valence-corrected chi connectivity index (χ4v) is 11.0. The van der Waals surface area contributed by atoms with Crippen LogP contribution in [0.2, 0.25) is 0 Å². The third-order valence-corrected chi connectivity index (χ3v) is 13.5. The van der Waals surface area contributed by atoms with Gasteiger partial charge in [-0.15, -0.1) is 0 Å². The van der Waals surface area contributed by atoms with E-state index in [2.05, 4.69) is 43.5 Å². The zero-order valence-corrected chi connectivity index (χ0v) is 26.2. The lowest BCUT2D eigenvalue weighted by molar-refractivity contribution is -0.145. The van der Waals surface area contributed by atoms with Crippen molar-refractivity contribution in [2.75, 3.05) is 18.0 Å². The average molecular weight is 554 g/mol. The Balaban J connectivity index is 1.19. The second kappa shape index (κ2) is 11.6. The van der Waals surface area contributed by atoms with E-state index in [1.165, 1.54) is 77.0 Å². The summed E-state index contributed by atoms with van der Waals surface area (Å²) in [5.41, 5.74) is 7.44. The number of hydrogen-bond acceptors (Lipinski definition) is 5. The monoisotopic (exact) mass is 553 g/mol. The summed E-state index contributed by atoms with van der Waals surface area (Å²) in [7, 11) is 0. The molecule has 0 bridgehead atoms. The van der Waals surface area contributed by atoms with E-state index in [1.54, 1.807) is 16.8 Å². The highest BCUT2D eigenvalue weighted by atomic mass is 32.2. The van der Waals surface area contributed by atoms with Gasteiger partial charge < -0.3 is 10.6 Å². The average Bonchev–Trinajstić information content (AvgIpc) is 3.20. The molecule has 4 fully saturated rings. The van der Waals surface area contributed by atoms with Gasteiger partial charge in [-0.2, -0.15) is 0 Å². The maximum absolute atomic E-state index is 7.67. The number of nitrogens with one attached hydrogen (secondary N) is 2. The van der Waals surface area contributed by atoms with Gasteiger partial charge in [0.25, 0.3) is 0 Å². The Hall–Kier alpha value is -1.11. The summed E-state index contributed by atoms with van der Waals surface area (Å²) in [5, 5.41) is 7.67. The molecule has 0 aliphatic heterocycles. The van der Waals surface area contributed by atoms with Gasteiger partial charge in [-0.3, -0.25) is 10.1 Å². The van der Waals surface area contributed by atoms with E-state index in [1.807, 2.05) is 19.2 Å². The summed E-state index contributed by atoms with van der Waals surface area (Å²) in [6, 6.07) is 4.08. The van der Waals surface area contributed by atoms with E-state index in [-0.39, 0.29) is 6.04 Å². The molecule has 1 aromatic heterocycles. The predicted octanol–water partition coefficient (Wildman–Crippen LogP) is 7.90. The number of nitrogens with zero attached hydrogens (tertiary/aromatic N) is 2. The number of rotatable bonds is 10. The molecule has 0 aromatic carbocycles. The largest absolute Gasteiger partial charge is 0.326 e. The molecule has 9 atom stereocenters. The summed E-state index contributed by atoms with van der Waals surface area (Å²) < 4.78 is 3.68. The fraction of sp³-hybridized carbons (Fsp3) is 0.818. The van der Waals surface area contributed by atoms with Crippen LogP contribution in [0.3, 0.4) is 0 Å². The molecule has 1 aromatic rings. The molecule has 0 amide bonds. The number of hydrogen-bond donors (Lipinski definition) is 3. The SMILES string of the molecule is CC[C@H]1CC2C3CCC(C)(CCNSc4ccc(N(C=N)CC(C)N)nc4)C3(C)CC[C@@H]2C2(C)CCCCC12. The van der Waals surface area contributed by atoms with Crippen LogP contribution in [0, 0.1) is 51.2 Å². The first kappa shape index (κ1) is 29.4. The van der Waals surface area contributed by atoms with Gasteiger partial charge in [0.15, 0.2) is 0 Å². The Bertz CT molecular complexity index is 983. The molecule has 4 N–H and O–H groups in total. The molecule has 4 aliphatic carbocycles. The van der Waals surface area contributed by atoms with E-state index in [0.717, 1.165) is 46.8 Å². The normalized spacial score (nSPS) is 40.3. The highest BCUT2D eigenvalue weighted by Gasteiger charge is 2.63. The minimum atomic E-state index is -0.00368. The zero-order chi connectivity index (χ0) is 27.8. The van der Waals surface area contributed by atoms with E-state index < -0.39 is 0 Å². The number of aromatic nitrogens is 1. The van der Waals surface area contributed by atoms with Crippen LogP contribution in [0.5, 0.6) is 0 Å². The standard InChI is InChI=1S/C33H55N5S/c1-6-24-19-26-28(32(4)14-8-7-9-27(24)32)13-16-33(5)29(26)12-15-31(33,3)17-18-37-39-25-10-11-30(36-20-25)38(22-34)21-23(2)35/h10-11,20,22-24,26-29,34,37H,6-9,12-19,21,35H2,1-5H3/t23?,24-,26?,27?,28-,29?,31?,32?,33?/m0/s1. The zero-order valence-electron chi connectivity index (χ0n) is 25.3. The Morgan fingerprint density at radius 3 is 2.62 bits per heavy atom. The lowest BCUT2D eigenvalue weighted by atomic mass is 9.41. The van der Waals surface area contributed by atoms with E-state index in [0.29, 0.717) is 22.8 Å². The van der Waals surface area contributed by atoms with E-state index >= 15 is 0 Å². The number of anilines is 1. The number of pyridine rings is 1. The van der Waals surface area contributed by atoms with Crippen molar-refractivity contribution < 1.29 is 0 Å². The number of fused-ring (bicyclic) bond motifs is 5. The van der Waals surface area contributed by atoms with Crippen molar-refractivity contribution in [3.05, 3.63) is 18.3 Å². The van der Waals surface area contributed by atoms with Crippen molar-refractivity contribution in [3.63, 3.8) is 0 Å². The molecule has 4 saturated carbocycles. The van der Waals surface area contributed by atoms with Crippen LogP contribution in [0.1, 0.15) is 105 Å². The summed E-state index contributed by atoms with van der Waals surface area (Å²) in [4.78, 5) is 7.50. The van der Waals surface area contributed by atoms with Crippen LogP contribution < -0.4 is 15.4 Å². The van der Waals surface area contributed by atoms with Gasteiger partial charge >= 0.3 is 0 Å². The molecular formula is C33H55N5S. The molecule has 6 heteroatoms. The number of nitrogens with two attached hydrogens (primary N) is 1. The minimum absolute atomic E-state index is 0.00368. The van der Waals surface area contributed by atoms with Gasteiger partial charge in [0, 0.05) is 30.2 Å². The third kappa shape index (κ3) is 5.32. The highest BCUT2D eigenvalue weighted by molar-refractivity contribution is 7.97. The second-order valence-electron chi connectivity index (χ2n) is 14.6. The van der Waals surface area contributed by atoms with Crippen LogP contribution in [-0.4, -0.2) is 30.5 Å². The maximum Gasteiger partial charge on any atom is 0.133 e. The maximum atomic E-state index is 7.67. The lowest BCUT2D eigenvalue weighted by Gasteiger charge is -2.63. The molecule has 0 spiro atoms. The highest BCUT2D eigenvalue weighted by Crippen LogP contribution is 2.71. The molecule has 5 rings (SSSR count). The molecular weight excluding hydrogens is 498 g/mol. The topological polar surface area (TPSA) is 78.0 Å². The van der Waals surface area contributed by atoms with Crippen molar-refractivity contribution in [3.8, 4) is 0 Å². The van der Waals surface area contributed by atoms with Gasteiger partial charge in [0.05, 0.1) is 6.34 Å². The molecule has 4 aliphatic rings. The first-order valence-corrected chi connectivity index (χ1v) is 16.9. The smallest absolute Gasteiger partial charge is 0.133 e. The molecule has 0 saturated heterocycles.